The van der Waals surface area contributed by atoms with Gasteiger partial charge in [0.2, 0.25) is 0 Å². The zero-order chi connectivity index (χ0) is 21.7. The fourth-order valence-corrected chi connectivity index (χ4v) is 5.04. The Bertz CT molecular complexity index is 463. The van der Waals surface area contributed by atoms with Crippen molar-refractivity contribution in [2.75, 3.05) is 13.4 Å². The fourth-order valence-electron chi connectivity index (χ4n) is 5.04. The van der Waals surface area contributed by atoms with Crippen LogP contribution in [0.1, 0.15) is 78.1 Å². The largest absolute Gasteiger partial charge is 0.426 e. The molecule has 0 N–H and O–H groups in total. The van der Waals surface area contributed by atoms with Crippen molar-refractivity contribution < 1.29 is 35.8 Å². The summed E-state index contributed by atoms with van der Waals surface area (Å²) in [6, 6.07) is 0. The fraction of sp³-hybridized carbons (Fsp3) is 1.00. The Morgan fingerprint density at radius 1 is 0.828 bits per heavy atom. The molecule has 8 heteroatoms. The second-order valence-electron chi connectivity index (χ2n) is 8.87. The highest BCUT2D eigenvalue weighted by Gasteiger charge is 2.75. The normalized spacial score (nSPS) is 26.5. The molecular weight excluding hydrogens is 398 g/mol. The lowest BCUT2D eigenvalue weighted by atomic mass is 9.69. The maximum atomic E-state index is 13.9. The van der Waals surface area contributed by atoms with Gasteiger partial charge in [0.1, 0.15) is 6.79 Å². The molecule has 1 atom stereocenters. The Hall–Kier alpha value is -0.500. The van der Waals surface area contributed by atoms with Crippen LogP contribution in [0, 0.1) is 23.7 Å². The van der Waals surface area contributed by atoms with Gasteiger partial charge in [-0.25, -0.2) is 0 Å². The van der Waals surface area contributed by atoms with Crippen molar-refractivity contribution in [3.8, 4) is 0 Å². The molecule has 0 radical (unpaired) electrons. The molecule has 0 aliphatic heterocycles. The highest BCUT2D eigenvalue weighted by Crippen LogP contribution is 2.55. The summed E-state index contributed by atoms with van der Waals surface area (Å²) in [5.41, 5.74) is -4.16. The van der Waals surface area contributed by atoms with E-state index in [1.54, 1.807) is 0 Å². The Morgan fingerprint density at radius 2 is 1.38 bits per heavy atom. The summed E-state index contributed by atoms with van der Waals surface area (Å²) in [5.74, 6) is -0.995. The maximum Gasteiger partial charge on any atom is 0.426 e. The van der Waals surface area contributed by atoms with Crippen LogP contribution in [0.2, 0.25) is 0 Å². The van der Waals surface area contributed by atoms with Crippen molar-refractivity contribution in [3.63, 3.8) is 0 Å². The molecule has 0 bridgehead atoms. The van der Waals surface area contributed by atoms with E-state index in [0.29, 0.717) is 18.8 Å². The molecule has 0 heterocycles. The highest BCUT2D eigenvalue weighted by molar-refractivity contribution is 5.02. The molecule has 0 saturated heterocycles. The summed E-state index contributed by atoms with van der Waals surface area (Å²) < 4.78 is 93.0. The van der Waals surface area contributed by atoms with E-state index in [-0.39, 0.29) is 31.3 Å². The van der Waals surface area contributed by atoms with E-state index in [0.717, 1.165) is 38.5 Å². The monoisotopic (exact) mass is 432 g/mol. The predicted molar refractivity (Wildman–Crippen MR) is 98.2 cm³/mol. The van der Waals surface area contributed by atoms with Crippen LogP contribution >= 0.6 is 0 Å². The minimum absolute atomic E-state index is 0.142. The lowest BCUT2D eigenvalue weighted by molar-refractivity contribution is -0.411. The van der Waals surface area contributed by atoms with Gasteiger partial charge in [-0.2, -0.15) is 26.3 Å². The number of hydrogen-bond acceptors (Lipinski definition) is 2. The molecule has 0 amide bonds. The topological polar surface area (TPSA) is 18.5 Å². The van der Waals surface area contributed by atoms with Gasteiger partial charge in [-0.05, 0) is 56.3 Å². The quantitative estimate of drug-likeness (QED) is 0.228. The van der Waals surface area contributed by atoms with Crippen LogP contribution in [0.25, 0.3) is 0 Å². The van der Waals surface area contributed by atoms with E-state index in [4.69, 9.17) is 4.74 Å². The first-order valence-electron chi connectivity index (χ1n) is 10.9. The van der Waals surface area contributed by atoms with Gasteiger partial charge in [0.25, 0.3) is 5.60 Å². The summed E-state index contributed by atoms with van der Waals surface area (Å²) in [6.07, 6.45) is -4.87. The van der Waals surface area contributed by atoms with E-state index in [1.165, 1.54) is 0 Å². The van der Waals surface area contributed by atoms with Crippen LogP contribution in [0.4, 0.5) is 26.3 Å². The van der Waals surface area contributed by atoms with E-state index >= 15 is 0 Å². The molecule has 1 unspecified atom stereocenters. The molecular formula is C21H34F6O2. The lowest BCUT2D eigenvalue weighted by Gasteiger charge is -2.45. The average molecular weight is 432 g/mol. The van der Waals surface area contributed by atoms with Crippen molar-refractivity contribution in [1.82, 2.24) is 0 Å². The maximum absolute atomic E-state index is 13.9. The van der Waals surface area contributed by atoms with Gasteiger partial charge in [-0.3, -0.25) is 0 Å². The third kappa shape index (κ3) is 5.81. The molecule has 2 fully saturated rings. The van der Waals surface area contributed by atoms with Gasteiger partial charge in [-0.15, -0.1) is 0 Å². The Morgan fingerprint density at radius 3 is 1.86 bits per heavy atom. The number of alkyl halides is 6. The molecule has 172 valence electrons. The van der Waals surface area contributed by atoms with Gasteiger partial charge in [0.05, 0.1) is 6.61 Å². The lowest BCUT2D eigenvalue weighted by Crippen LogP contribution is -2.64. The van der Waals surface area contributed by atoms with Crippen molar-refractivity contribution in [2.24, 2.45) is 23.7 Å². The van der Waals surface area contributed by atoms with Gasteiger partial charge in [0, 0.05) is 5.92 Å². The van der Waals surface area contributed by atoms with Crippen LogP contribution in [0.15, 0.2) is 0 Å². The number of hydrogen-bond donors (Lipinski definition) is 0. The van der Waals surface area contributed by atoms with Crippen LogP contribution in [-0.4, -0.2) is 31.4 Å². The SMILES string of the molecule is CCC(C)C1CCC(C(OCOCC2CCCCC2)(C(F)(F)F)C(F)(F)F)CC1. The average Bonchev–Trinajstić information content (AvgIpc) is 2.66. The van der Waals surface area contributed by atoms with E-state index < -0.39 is 30.7 Å². The molecule has 2 saturated carbocycles. The molecule has 0 aromatic heterocycles. The Labute approximate surface area is 169 Å². The third-order valence-electron chi connectivity index (χ3n) is 7.09. The molecule has 0 aromatic rings. The predicted octanol–water partition coefficient (Wildman–Crippen LogP) is 7.27. The van der Waals surface area contributed by atoms with E-state index in [9.17, 15) is 26.3 Å². The van der Waals surface area contributed by atoms with E-state index in [2.05, 4.69) is 4.74 Å². The van der Waals surface area contributed by atoms with Crippen molar-refractivity contribution in [2.45, 2.75) is 96.0 Å². The molecule has 2 aliphatic carbocycles. The first-order valence-corrected chi connectivity index (χ1v) is 10.9. The molecule has 2 nitrogen and oxygen atoms in total. The first-order chi connectivity index (χ1) is 13.5. The summed E-state index contributed by atoms with van der Waals surface area (Å²) in [6.45, 7) is 3.15. The summed E-state index contributed by atoms with van der Waals surface area (Å²) in [7, 11) is 0. The van der Waals surface area contributed by atoms with Gasteiger partial charge >= 0.3 is 12.4 Å². The summed E-state index contributed by atoms with van der Waals surface area (Å²) >= 11 is 0. The molecule has 0 spiro atoms. The van der Waals surface area contributed by atoms with Gasteiger partial charge in [0.15, 0.2) is 0 Å². The van der Waals surface area contributed by atoms with Crippen molar-refractivity contribution in [3.05, 3.63) is 0 Å². The van der Waals surface area contributed by atoms with Crippen LogP contribution < -0.4 is 0 Å². The third-order valence-corrected chi connectivity index (χ3v) is 7.09. The second kappa shape index (κ2) is 10.2. The smallest absolute Gasteiger partial charge is 0.355 e. The molecule has 0 aromatic carbocycles. The minimum atomic E-state index is -5.55. The molecule has 29 heavy (non-hydrogen) atoms. The second-order valence-corrected chi connectivity index (χ2v) is 8.87. The van der Waals surface area contributed by atoms with E-state index in [1.807, 2.05) is 13.8 Å². The Balaban J connectivity index is 2.07. The van der Waals surface area contributed by atoms with Crippen molar-refractivity contribution in [1.29, 1.82) is 0 Å². The van der Waals surface area contributed by atoms with Crippen molar-refractivity contribution >= 4 is 0 Å². The zero-order valence-corrected chi connectivity index (χ0v) is 17.4. The first kappa shape index (κ1) is 24.8. The zero-order valence-electron chi connectivity index (χ0n) is 17.4. The number of halogens is 6. The van der Waals surface area contributed by atoms with Crippen LogP contribution in [0.5, 0.6) is 0 Å². The van der Waals surface area contributed by atoms with Crippen LogP contribution in [0.3, 0.4) is 0 Å². The molecule has 2 aliphatic rings. The Kier molecular flexibility index (Phi) is 8.72. The highest BCUT2D eigenvalue weighted by atomic mass is 19.4. The van der Waals surface area contributed by atoms with Crippen LogP contribution in [-0.2, 0) is 9.47 Å². The minimum Gasteiger partial charge on any atom is -0.355 e. The summed E-state index contributed by atoms with van der Waals surface area (Å²) in [5, 5.41) is 0. The number of rotatable bonds is 8. The standard InChI is InChI=1S/C21H34F6O2/c1-3-15(2)17-9-11-18(12-10-17)19(20(22,23)24,21(25,26)27)29-14-28-13-16-7-5-4-6-8-16/h15-18H,3-14H2,1-2H3. The summed E-state index contributed by atoms with van der Waals surface area (Å²) in [4.78, 5) is 0. The van der Waals surface area contributed by atoms with Gasteiger partial charge < -0.3 is 9.47 Å². The van der Waals surface area contributed by atoms with Gasteiger partial charge in [-0.1, -0.05) is 39.5 Å². The molecule has 2 rings (SSSR count). The number of ether oxygens (including phenoxy) is 2.